The van der Waals surface area contributed by atoms with Crippen LogP contribution in [-0.4, -0.2) is 11.1 Å². The van der Waals surface area contributed by atoms with Gasteiger partial charge in [0, 0.05) is 6.42 Å². The average molecular weight is 279 g/mol. The summed E-state index contributed by atoms with van der Waals surface area (Å²) < 4.78 is 0. The van der Waals surface area contributed by atoms with E-state index >= 15 is 0 Å². The molecule has 0 spiro atoms. The molecule has 1 N–H and O–H groups in total. The molecule has 0 saturated carbocycles. The van der Waals surface area contributed by atoms with Crippen molar-refractivity contribution >= 4 is 23.1 Å². The van der Waals surface area contributed by atoms with Crippen molar-refractivity contribution in [2.45, 2.75) is 43.9 Å². The van der Waals surface area contributed by atoms with Gasteiger partial charge in [0.05, 0.1) is 5.38 Å². The molecule has 0 amide bonds. The Bertz CT molecular complexity index is 462. The molecule has 1 aliphatic rings. The highest BCUT2D eigenvalue weighted by molar-refractivity contribution is 6.20. The number of hydrogen-bond donors (Lipinski definition) is 1. The SMILES string of the molecule is O=C(O)CCC(Cl)c1ccc(C2=CCCCC2)cc1. The Morgan fingerprint density at radius 2 is 2.00 bits per heavy atom. The Morgan fingerprint density at radius 1 is 1.26 bits per heavy atom. The van der Waals surface area contributed by atoms with E-state index in [1.54, 1.807) is 0 Å². The van der Waals surface area contributed by atoms with Gasteiger partial charge in [-0.05, 0) is 48.8 Å². The van der Waals surface area contributed by atoms with Crippen LogP contribution >= 0.6 is 11.6 Å². The van der Waals surface area contributed by atoms with Crippen LogP contribution in [0.1, 0.15) is 55.0 Å². The highest BCUT2D eigenvalue weighted by atomic mass is 35.5. The molecule has 3 heteroatoms. The van der Waals surface area contributed by atoms with Gasteiger partial charge >= 0.3 is 5.97 Å². The van der Waals surface area contributed by atoms with Gasteiger partial charge in [0.2, 0.25) is 0 Å². The van der Waals surface area contributed by atoms with Crippen LogP contribution in [-0.2, 0) is 4.79 Å². The smallest absolute Gasteiger partial charge is 0.303 e. The van der Waals surface area contributed by atoms with Gasteiger partial charge in [-0.1, -0.05) is 30.3 Å². The summed E-state index contributed by atoms with van der Waals surface area (Å²) >= 11 is 6.21. The van der Waals surface area contributed by atoms with Crippen LogP contribution in [0.5, 0.6) is 0 Å². The number of allylic oxidation sites excluding steroid dienone is 2. The molecular formula is C16H19ClO2. The summed E-state index contributed by atoms with van der Waals surface area (Å²) in [5, 5.41) is 8.44. The minimum Gasteiger partial charge on any atom is -0.481 e. The Labute approximate surface area is 119 Å². The first-order valence-electron chi connectivity index (χ1n) is 6.82. The molecule has 0 aromatic heterocycles. The summed E-state index contributed by atoms with van der Waals surface area (Å²) in [6.45, 7) is 0. The Hall–Kier alpha value is -1.28. The molecule has 1 atom stereocenters. The highest BCUT2D eigenvalue weighted by Gasteiger charge is 2.11. The zero-order valence-corrected chi connectivity index (χ0v) is 11.7. The van der Waals surface area contributed by atoms with E-state index in [9.17, 15) is 4.79 Å². The Balaban J connectivity index is 2.01. The maximum atomic E-state index is 10.5. The van der Waals surface area contributed by atoms with Gasteiger partial charge in [-0.15, -0.1) is 11.6 Å². The monoisotopic (exact) mass is 278 g/mol. The second-order valence-electron chi connectivity index (χ2n) is 5.00. The first kappa shape index (κ1) is 14.1. The van der Waals surface area contributed by atoms with E-state index in [0.29, 0.717) is 6.42 Å². The lowest BCUT2D eigenvalue weighted by molar-refractivity contribution is -0.137. The van der Waals surface area contributed by atoms with E-state index in [1.807, 2.05) is 12.1 Å². The number of hydrogen-bond acceptors (Lipinski definition) is 1. The second-order valence-corrected chi connectivity index (χ2v) is 5.52. The first-order valence-corrected chi connectivity index (χ1v) is 7.25. The predicted octanol–water partition coefficient (Wildman–Crippen LogP) is 4.79. The standard InChI is InChI=1S/C16H19ClO2/c17-15(10-11-16(18)19)14-8-6-13(7-9-14)12-4-2-1-3-5-12/h4,6-9,15H,1-3,5,10-11H2,(H,18,19). The van der Waals surface area contributed by atoms with Gasteiger partial charge < -0.3 is 5.11 Å². The molecule has 1 aromatic carbocycles. The molecule has 0 aliphatic heterocycles. The maximum Gasteiger partial charge on any atom is 0.303 e. The van der Waals surface area contributed by atoms with E-state index in [0.717, 1.165) is 12.0 Å². The number of benzene rings is 1. The van der Waals surface area contributed by atoms with Crippen molar-refractivity contribution in [1.82, 2.24) is 0 Å². The van der Waals surface area contributed by atoms with E-state index in [2.05, 4.69) is 18.2 Å². The van der Waals surface area contributed by atoms with Gasteiger partial charge in [-0.25, -0.2) is 0 Å². The topological polar surface area (TPSA) is 37.3 Å². The molecule has 0 bridgehead atoms. The van der Waals surface area contributed by atoms with Crippen molar-refractivity contribution in [3.8, 4) is 0 Å². The van der Waals surface area contributed by atoms with Crippen LogP contribution in [0.15, 0.2) is 30.3 Å². The average Bonchev–Trinajstić information content (AvgIpc) is 2.46. The van der Waals surface area contributed by atoms with Crippen LogP contribution in [0, 0.1) is 0 Å². The highest BCUT2D eigenvalue weighted by Crippen LogP contribution is 2.30. The largest absolute Gasteiger partial charge is 0.481 e. The summed E-state index contributed by atoms with van der Waals surface area (Å²) in [5.41, 5.74) is 3.70. The minimum atomic E-state index is -0.797. The van der Waals surface area contributed by atoms with Crippen LogP contribution in [0.3, 0.4) is 0 Å². The van der Waals surface area contributed by atoms with Crippen molar-refractivity contribution in [2.75, 3.05) is 0 Å². The fourth-order valence-corrected chi connectivity index (χ4v) is 2.68. The molecule has 2 rings (SSSR count). The molecule has 0 radical (unpaired) electrons. The number of carboxylic acids is 1. The number of halogens is 1. The fraction of sp³-hybridized carbons (Fsp3) is 0.438. The number of carboxylic acid groups (broad SMARTS) is 1. The number of alkyl halides is 1. The lowest BCUT2D eigenvalue weighted by Crippen LogP contribution is -1.99. The normalized spacial score (nSPS) is 16.8. The zero-order chi connectivity index (χ0) is 13.7. The number of rotatable bonds is 5. The molecule has 1 aromatic rings. The number of carbonyl (C=O) groups is 1. The van der Waals surface area contributed by atoms with Crippen molar-refractivity contribution in [3.05, 3.63) is 41.5 Å². The van der Waals surface area contributed by atoms with Crippen LogP contribution in [0.4, 0.5) is 0 Å². The molecule has 1 unspecified atom stereocenters. The van der Waals surface area contributed by atoms with E-state index in [4.69, 9.17) is 16.7 Å². The van der Waals surface area contributed by atoms with Crippen molar-refractivity contribution < 1.29 is 9.90 Å². The summed E-state index contributed by atoms with van der Waals surface area (Å²) in [6.07, 6.45) is 7.79. The quantitative estimate of drug-likeness (QED) is 0.786. The lowest BCUT2D eigenvalue weighted by atomic mass is 9.93. The van der Waals surface area contributed by atoms with Gasteiger partial charge in [0.25, 0.3) is 0 Å². The van der Waals surface area contributed by atoms with Crippen LogP contribution < -0.4 is 0 Å². The fourth-order valence-electron chi connectivity index (χ4n) is 2.42. The van der Waals surface area contributed by atoms with Gasteiger partial charge in [-0.2, -0.15) is 0 Å². The van der Waals surface area contributed by atoms with E-state index in [1.165, 1.54) is 30.4 Å². The lowest BCUT2D eigenvalue weighted by Gasteiger charge is -2.14. The van der Waals surface area contributed by atoms with Crippen molar-refractivity contribution in [1.29, 1.82) is 0 Å². The Kier molecular flexibility index (Phi) is 5.03. The third-order valence-corrected chi connectivity index (χ3v) is 4.02. The molecule has 0 fully saturated rings. The van der Waals surface area contributed by atoms with Crippen molar-refractivity contribution in [2.24, 2.45) is 0 Å². The first-order chi connectivity index (χ1) is 9.16. The Morgan fingerprint density at radius 3 is 2.58 bits per heavy atom. The van der Waals surface area contributed by atoms with Gasteiger partial charge in [-0.3, -0.25) is 4.79 Å². The summed E-state index contributed by atoms with van der Waals surface area (Å²) in [6, 6.07) is 8.24. The van der Waals surface area contributed by atoms with Crippen LogP contribution in [0.2, 0.25) is 0 Å². The second kappa shape index (κ2) is 6.76. The third-order valence-electron chi connectivity index (χ3n) is 3.55. The number of aliphatic carboxylic acids is 1. The molecule has 1 aliphatic carbocycles. The molecule has 102 valence electrons. The van der Waals surface area contributed by atoms with Crippen LogP contribution in [0.25, 0.3) is 5.57 Å². The third kappa shape index (κ3) is 4.10. The van der Waals surface area contributed by atoms with E-state index < -0.39 is 5.97 Å². The maximum absolute atomic E-state index is 10.5. The van der Waals surface area contributed by atoms with Gasteiger partial charge in [0.15, 0.2) is 0 Å². The molecule has 19 heavy (non-hydrogen) atoms. The summed E-state index contributed by atoms with van der Waals surface area (Å²) in [7, 11) is 0. The van der Waals surface area contributed by atoms with Gasteiger partial charge in [0.1, 0.15) is 0 Å². The van der Waals surface area contributed by atoms with E-state index in [-0.39, 0.29) is 11.8 Å². The molecule has 0 saturated heterocycles. The molecule has 2 nitrogen and oxygen atoms in total. The zero-order valence-electron chi connectivity index (χ0n) is 10.9. The van der Waals surface area contributed by atoms with Crippen molar-refractivity contribution in [3.63, 3.8) is 0 Å². The summed E-state index contributed by atoms with van der Waals surface area (Å²) in [5.74, 6) is -0.797. The minimum absolute atomic E-state index is 0.112. The summed E-state index contributed by atoms with van der Waals surface area (Å²) in [4.78, 5) is 10.5. The predicted molar refractivity (Wildman–Crippen MR) is 78.4 cm³/mol. The molecular weight excluding hydrogens is 260 g/mol. The molecule has 0 heterocycles.